The lowest BCUT2D eigenvalue weighted by atomic mass is 10.1. The molecule has 1 heterocycles. The van der Waals surface area contributed by atoms with Crippen LogP contribution in [0.15, 0.2) is 18.2 Å². The van der Waals surface area contributed by atoms with Crippen molar-refractivity contribution in [2.24, 2.45) is 18.7 Å². The van der Waals surface area contributed by atoms with Crippen molar-refractivity contribution >= 4 is 11.0 Å². The van der Waals surface area contributed by atoms with Crippen LogP contribution >= 0.6 is 0 Å². The fraction of sp³-hybridized carbons (Fsp3) is 0.462. The minimum Gasteiger partial charge on any atom is -0.331 e. The normalized spacial score (nSPS) is 13.2. The van der Waals surface area contributed by atoms with Crippen molar-refractivity contribution in [3.63, 3.8) is 0 Å². The number of halogens is 1. The molecule has 2 N–H and O–H groups in total. The fourth-order valence-electron chi connectivity index (χ4n) is 1.93. The molecule has 2 aromatic rings. The van der Waals surface area contributed by atoms with Crippen LogP contribution in [0.4, 0.5) is 4.39 Å². The van der Waals surface area contributed by atoms with Crippen LogP contribution in [0.2, 0.25) is 0 Å². The van der Waals surface area contributed by atoms with E-state index in [0.29, 0.717) is 12.5 Å². The Bertz CT molecular complexity index is 519. The molecule has 4 heteroatoms. The van der Waals surface area contributed by atoms with E-state index in [1.165, 1.54) is 12.1 Å². The van der Waals surface area contributed by atoms with Crippen LogP contribution in [0, 0.1) is 11.7 Å². The van der Waals surface area contributed by atoms with Gasteiger partial charge < -0.3 is 10.3 Å². The highest BCUT2D eigenvalue weighted by atomic mass is 19.1. The van der Waals surface area contributed by atoms with E-state index in [9.17, 15) is 4.39 Å². The molecule has 1 aromatic heterocycles. The van der Waals surface area contributed by atoms with Crippen molar-refractivity contribution in [2.45, 2.75) is 19.8 Å². The zero-order valence-electron chi connectivity index (χ0n) is 10.3. The molecule has 0 spiro atoms. The molecular weight excluding hydrogens is 217 g/mol. The SMILES string of the molecule is CC(CN)CCc1nc2ccc(F)cc2n1C. The standard InChI is InChI=1S/C13H18FN3/c1-9(8-15)3-6-13-16-11-5-4-10(14)7-12(11)17(13)2/h4-5,7,9H,3,6,8,15H2,1-2H3. The number of aromatic nitrogens is 2. The van der Waals surface area contributed by atoms with E-state index in [2.05, 4.69) is 11.9 Å². The van der Waals surface area contributed by atoms with Crippen molar-refractivity contribution in [3.05, 3.63) is 29.8 Å². The Balaban J connectivity index is 2.26. The number of benzene rings is 1. The van der Waals surface area contributed by atoms with Gasteiger partial charge in [0, 0.05) is 13.5 Å². The molecule has 92 valence electrons. The zero-order chi connectivity index (χ0) is 12.4. The van der Waals surface area contributed by atoms with Gasteiger partial charge in [-0.2, -0.15) is 0 Å². The summed E-state index contributed by atoms with van der Waals surface area (Å²) in [7, 11) is 1.93. The van der Waals surface area contributed by atoms with Gasteiger partial charge in [0.05, 0.1) is 11.0 Å². The van der Waals surface area contributed by atoms with Crippen LogP contribution in [-0.4, -0.2) is 16.1 Å². The Morgan fingerprint density at radius 1 is 1.47 bits per heavy atom. The Morgan fingerprint density at radius 2 is 2.24 bits per heavy atom. The number of hydrogen-bond donors (Lipinski definition) is 1. The van der Waals surface area contributed by atoms with E-state index in [1.807, 2.05) is 11.6 Å². The molecule has 0 fully saturated rings. The summed E-state index contributed by atoms with van der Waals surface area (Å²) in [6.07, 6.45) is 1.89. The highest BCUT2D eigenvalue weighted by Gasteiger charge is 2.09. The molecule has 2 rings (SSSR count). The van der Waals surface area contributed by atoms with Crippen molar-refractivity contribution < 1.29 is 4.39 Å². The maximum atomic E-state index is 13.1. The van der Waals surface area contributed by atoms with Gasteiger partial charge in [-0.15, -0.1) is 0 Å². The third-order valence-corrected chi connectivity index (χ3v) is 3.20. The second kappa shape index (κ2) is 4.84. The predicted octanol–water partition coefficient (Wildman–Crippen LogP) is 2.24. The zero-order valence-corrected chi connectivity index (χ0v) is 10.3. The number of aryl methyl sites for hydroxylation is 2. The van der Waals surface area contributed by atoms with Crippen LogP contribution in [0.25, 0.3) is 11.0 Å². The molecule has 0 saturated heterocycles. The van der Waals surface area contributed by atoms with E-state index >= 15 is 0 Å². The second-order valence-corrected chi connectivity index (χ2v) is 4.60. The van der Waals surface area contributed by atoms with Crippen molar-refractivity contribution in [1.29, 1.82) is 0 Å². The predicted molar refractivity (Wildman–Crippen MR) is 67.2 cm³/mol. The smallest absolute Gasteiger partial charge is 0.125 e. The summed E-state index contributed by atoms with van der Waals surface area (Å²) in [6.45, 7) is 2.82. The molecule has 1 atom stereocenters. The van der Waals surface area contributed by atoms with Crippen molar-refractivity contribution in [3.8, 4) is 0 Å². The first-order valence-corrected chi connectivity index (χ1v) is 5.92. The van der Waals surface area contributed by atoms with Gasteiger partial charge in [-0.1, -0.05) is 6.92 Å². The number of nitrogens with two attached hydrogens (primary N) is 1. The largest absolute Gasteiger partial charge is 0.331 e. The number of nitrogens with zero attached hydrogens (tertiary/aromatic N) is 2. The summed E-state index contributed by atoms with van der Waals surface area (Å²) in [6, 6.07) is 4.69. The lowest BCUT2D eigenvalue weighted by molar-refractivity contribution is 0.531. The summed E-state index contributed by atoms with van der Waals surface area (Å²) in [4.78, 5) is 4.52. The fourth-order valence-corrected chi connectivity index (χ4v) is 1.93. The molecule has 0 aliphatic heterocycles. The van der Waals surface area contributed by atoms with Crippen LogP contribution in [0.5, 0.6) is 0 Å². The molecular formula is C13H18FN3. The summed E-state index contributed by atoms with van der Waals surface area (Å²) >= 11 is 0. The Kier molecular flexibility index (Phi) is 3.43. The third kappa shape index (κ3) is 2.47. The van der Waals surface area contributed by atoms with Crippen LogP contribution in [0.1, 0.15) is 19.2 Å². The molecule has 0 radical (unpaired) electrons. The first-order chi connectivity index (χ1) is 8.11. The van der Waals surface area contributed by atoms with Gasteiger partial charge in [0.25, 0.3) is 0 Å². The summed E-state index contributed by atoms with van der Waals surface area (Å²) in [5.74, 6) is 1.26. The average molecular weight is 235 g/mol. The minimum atomic E-state index is -0.220. The first kappa shape index (κ1) is 12.0. The topological polar surface area (TPSA) is 43.8 Å². The summed E-state index contributed by atoms with van der Waals surface area (Å²) in [5, 5.41) is 0. The quantitative estimate of drug-likeness (QED) is 0.883. The molecule has 17 heavy (non-hydrogen) atoms. The van der Waals surface area contributed by atoms with Gasteiger partial charge in [0.2, 0.25) is 0 Å². The van der Waals surface area contributed by atoms with E-state index in [1.54, 1.807) is 6.07 Å². The highest BCUT2D eigenvalue weighted by molar-refractivity contribution is 5.75. The molecule has 0 aliphatic carbocycles. The van der Waals surface area contributed by atoms with E-state index in [-0.39, 0.29) is 5.82 Å². The molecule has 0 amide bonds. The highest BCUT2D eigenvalue weighted by Crippen LogP contribution is 2.18. The van der Waals surface area contributed by atoms with E-state index < -0.39 is 0 Å². The molecule has 3 nitrogen and oxygen atoms in total. The van der Waals surface area contributed by atoms with Gasteiger partial charge in [-0.05, 0) is 37.1 Å². The van der Waals surface area contributed by atoms with Gasteiger partial charge in [0.1, 0.15) is 11.6 Å². The first-order valence-electron chi connectivity index (χ1n) is 5.92. The van der Waals surface area contributed by atoms with Crippen molar-refractivity contribution in [2.75, 3.05) is 6.54 Å². The van der Waals surface area contributed by atoms with Gasteiger partial charge in [0.15, 0.2) is 0 Å². The number of hydrogen-bond acceptors (Lipinski definition) is 2. The Morgan fingerprint density at radius 3 is 2.94 bits per heavy atom. The summed E-state index contributed by atoms with van der Waals surface area (Å²) < 4.78 is 15.1. The van der Waals surface area contributed by atoms with Crippen LogP contribution in [-0.2, 0) is 13.5 Å². The average Bonchev–Trinajstić information content (AvgIpc) is 2.63. The van der Waals surface area contributed by atoms with Crippen molar-refractivity contribution in [1.82, 2.24) is 9.55 Å². The van der Waals surface area contributed by atoms with Crippen LogP contribution < -0.4 is 5.73 Å². The number of rotatable bonds is 4. The molecule has 0 aliphatic rings. The summed E-state index contributed by atoms with van der Waals surface area (Å²) in [5.41, 5.74) is 7.29. The lowest BCUT2D eigenvalue weighted by Gasteiger charge is -2.07. The van der Waals surface area contributed by atoms with Gasteiger partial charge >= 0.3 is 0 Å². The molecule has 1 aromatic carbocycles. The number of imidazole rings is 1. The Labute approximate surface area is 100 Å². The number of fused-ring (bicyclic) bond motifs is 1. The monoisotopic (exact) mass is 235 g/mol. The Hall–Kier alpha value is -1.42. The molecule has 0 saturated carbocycles. The lowest BCUT2D eigenvalue weighted by Crippen LogP contribution is -2.12. The van der Waals surface area contributed by atoms with E-state index in [4.69, 9.17) is 5.73 Å². The molecule has 0 bridgehead atoms. The maximum Gasteiger partial charge on any atom is 0.125 e. The third-order valence-electron chi connectivity index (χ3n) is 3.20. The molecule has 1 unspecified atom stereocenters. The van der Waals surface area contributed by atoms with Gasteiger partial charge in [-0.3, -0.25) is 0 Å². The van der Waals surface area contributed by atoms with E-state index in [0.717, 1.165) is 29.7 Å². The van der Waals surface area contributed by atoms with Crippen LogP contribution in [0.3, 0.4) is 0 Å². The maximum absolute atomic E-state index is 13.1. The van der Waals surface area contributed by atoms with Gasteiger partial charge in [-0.25, -0.2) is 9.37 Å². The second-order valence-electron chi connectivity index (χ2n) is 4.60. The minimum absolute atomic E-state index is 0.220.